The minimum Gasteiger partial charge on any atom is -0.481 e. The van der Waals surface area contributed by atoms with Gasteiger partial charge in [-0.2, -0.15) is 0 Å². The van der Waals surface area contributed by atoms with E-state index in [1.165, 1.54) is 42.3 Å². The van der Waals surface area contributed by atoms with E-state index < -0.39 is 5.97 Å². The van der Waals surface area contributed by atoms with Crippen LogP contribution in [-0.4, -0.2) is 46.3 Å². The Morgan fingerprint density at radius 3 is 2.59 bits per heavy atom. The number of carbonyl (C=O) groups is 2. The second-order valence-corrected chi connectivity index (χ2v) is 8.23. The molecule has 0 spiro atoms. The Bertz CT molecular complexity index is 716. The van der Waals surface area contributed by atoms with E-state index in [-0.39, 0.29) is 18.9 Å². The molecule has 0 radical (unpaired) electrons. The Kier molecular flexibility index (Phi) is 8.31. The van der Waals surface area contributed by atoms with Crippen molar-refractivity contribution in [1.82, 2.24) is 4.90 Å². The van der Waals surface area contributed by atoms with Crippen LogP contribution in [0.5, 0.6) is 0 Å². The first kappa shape index (κ1) is 21.4. The first-order valence-electron chi connectivity index (χ1n) is 9.20. The smallest absolute Gasteiger partial charge is 0.305 e. The number of benzene rings is 1. The second kappa shape index (κ2) is 10.5. The van der Waals surface area contributed by atoms with Gasteiger partial charge < -0.3 is 10.0 Å². The van der Waals surface area contributed by atoms with Crippen LogP contribution < -0.4 is 4.90 Å². The van der Waals surface area contributed by atoms with Gasteiger partial charge in [0.15, 0.2) is 0 Å². The Labute approximate surface area is 170 Å². The number of aliphatic carboxylic acids is 1. The van der Waals surface area contributed by atoms with E-state index in [9.17, 15) is 9.59 Å². The lowest BCUT2D eigenvalue weighted by Crippen LogP contribution is -2.30. The molecule has 7 heteroatoms. The normalized spacial score (nSPS) is 15.6. The van der Waals surface area contributed by atoms with Gasteiger partial charge in [0.25, 0.3) is 5.91 Å². The Morgan fingerprint density at radius 2 is 1.96 bits per heavy atom. The average molecular weight is 407 g/mol. The zero-order chi connectivity index (χ0) is 19.8. The minimum absolute atomic E-state index is 0.110. The highest BCUT2D eigenvalue weighted by Gasteiger charge is 2.31. The van der Waals surface area contributed by atoms with Gasteiger partial charge in [-0.15, -0.1) is 0 Å². The summed E-state index contributed by atoms with van der Waals surface area (Å²) >= 11 is 6.42. The van der Waals surface area contributed by atoms with Crippen LogP contribution in [0, 0.1) is 0 Å². The zero-order valence-corrected chi connectivity index (χ0v) is 17.4. The van der Waals surface area contributed by atoms with E-state index in [4.69, 9.17) is 17.3 Å². The number of carboxylic acids is 1. The molecule has 0 atom stereocenters. The van der Waals surface area contributed by atoms with Crippen molar-refractivity contribution in [3.63, 3.8) is 0 Å². The summed E-state index contributed by atoms with van der Waals surface area (Å²) in [4.78, 5) is 27.3. The molecule has 2 rings (SSSR count). The number of rotatable bonds is 10. The highest BCUT2D eigenvalue weighted by molar-refractivity contribution is 8.26. The molecule has 5 nitrogen and oxygen atoms in total. The number of anilines is 1. The molecule has 1 heterocycles. The molecule has 146 valence electrons. The lowest BCUT2D eigenvalue weighted by Gasteiger charge is -2.19. The Morgan fingerprint density at radius 1 is 1.26 bits per heavy atom. The van der Waals surface area contributed by atoms with E-state index in [0.717, 1.165) is 17.8 Å². The van der Waals surface area contributed by atoms with Crippen molar-refractivity contribution in [3.8, 4) is 0 Å². The largest absolute Gasteiger partial charge is 0.481 e. The predicted molar refractivity (Wildman–Crippen MR) is 116 cm³/mol. The first-order valence-corrected chi connectivity index (χ1v) is 10.4. The molecule has 0 aromatic heterocycles. The quantitative estimate of drug-likeness (QED) is 0.353. The summed E-state index contributed by atoms with van der Waals surface area (Å²) in [5.74, 6) is -1.16. The van der Waals surface area contributed by atoms with Gasteiger partial charge in [0.2, 0.25) is 0 Å². The van der Waals surface area contributed by atoms with E-state index in [1.807, 2.05) is 18.2 Å². The summed E-state index contributed by atoms with van der Waals surface area (Å²) < 4.78 is 0.413. The lowest BCUT2D eigenvalue weighted by molar-refractivity contribution is -0.137. The zero-order valence-electron chi connectivity index (χ0n) is 15.8. The maximum Gasteiger partial charge on any atom is 0.305 e. The SMILES string of the molecule is CCCCCCN(C)c1ccc(C=C2SC(=S)N(CCC(=O)O)C2=O)cc1. The fourth-order valence-electron chi connectivity index (χ4n) is 2.78. The highest BCUT2D eigenvalue weighted by Crippen LogP contribution is 2.32. The average Bonchev–Trinajstić information content (AvgIpc) is 2.90. The lowest BCUT2D eigenvalue weighted by atomic mass is 10.1. The summed E-state index contributed by atoms with van der Waals surface area (Å²) in [6.45, 7) is 3.35. The molecule has 0 bridgehead atoms. The van der Waals surface area contributed by atoms with Crippen molar-refractivity contribution >= 4 is 51.9 Å². The van der Waals surface area contributed by atoms with Gasteiger partial charge >= 0.3 is 5.97 Å². The maximum absolute atomic E-state index is 12.4. The molecule has 0 unspecified atom stereocenters. The number of nitrogens with zero attached hydrogens (tertiary/aromatic N) is 2. The van der Waals surface area contributed by atoms with Gasteiger partial charge in [0, 0.05) is 25.8 Å². The molecule has 0 saturated carbocycles. The van der Waals surface area contributed by atoms with Crippen LogP contribution in [0.4, 0.5) is 5.69 Å². The first-order chi connectivity index (χ1) is 12.9. The van der Waals surface area contributed by atoms with E-state index in [2.05, 4.69) is 31.0 Å². The molecule has 1 aromatic carbocycles. The van der Waals surface area contributed by atoms with Crippen molar-refractivity contribution in [1.29, 1.82) is 0 Å². The van der Waals surface area contributed by atoms with Crippen molar-refractivity contribution in [2.24, 2.45) is 0 Å². The van der Waals surface area contributed by atoms with Crippen molar-refractivity contribution in [2.75, 3.05) is 25.0 Å². The molecule has 1 fully saturated rings. The van der Waals surface area contributed by atoms with Crippen LogP contribution >= 0.6 is 24.0 Å². The van der Waals surface area contributed by atoms with Gasteiger partial charge in [-0.05, 0) is 30.2 Å². The van der Waals surface area contributed by atoms with Crippen LogP contribution in [0.25, 0.3) is 6.08 Å². The van der Waals surface area contributed by atoms with Crippen molar-refractivity contribution in [3.05, 3.63) is 34.7 Å². The highest BCUT2D eigenvalue weighted by atomic mass is 32.2. The molecular weight excluding hydrogens is 380 g/mol. The summed E-state index contributed by atoms with van der Waals surface area (Å²) in [5.41, 5.74) is 2.08. The molecule has 27 heavy (non-hydrogen) atoms. The van der Waals surface area contributed by atoms with E-state index in [0.29, 0.717) is 9.23 Å². The van der Waals surface area contributed by atoms with Crippen molar-refractivity contribution < 1.29 is 14.7 Å². The molecular formula is C20H26N2O3S2. The van der Waals surface area contributed by atoms with Crippen molar-refractivity contribution in [2.45, 2.75) is 39.0 Å². The van der Waals surface area contributed by atoms with E-state index >= 15 is 0 Å². The summed E-state index contributed by atoms with van der Waals surface area (Å²) in [6, 6.07) is 8.08. The number of carboxylic acid groups (broad SMARTS) is 1. The Balaban J connectivity index is 1.97. The fourth-order valence-corrected chi connectivity index (χ4v) is 4.09. The van der Waals surface area contributed by atoms with Crippen LogP contribution in [0.15, 0.2) is 29.2 Å². The molecule has 1 aliphatic rings. The van der Waals surface area contributed by atoms with E-state index in [1.54, 1.807) is 0 Å². The standard InChI is InChI=1S/C20H26N2O3S2/c1-3-4-5-6-12-21(2)16-9-7-15(8-10-16)14-17-19(25)22(20(26)27-17)13-11-18(23)24/h7-10,14H,3-6,11-13H2,1-2H3,(H,23,24). The molecule has 0 aliphatic carbocycles. The van der Waals surface area contributed by atoms with Crippen LogP contribution in [-0.2, 0) is 9.59 Å². The monoisotopic (exact) mass is 406 g/mol. The number of amides is 1. The van der Waals surface area contributed by atoms with Crippen LogP contribution in [0.1, 0.15) is 44.6 Å². The molecule has 1 amide bonds. The number of unbranched alkanes of at least 4 members (excludes halogenated alkanes) is 3. The van der Waals surface area contributed by atoms with Crippen LogP contribution in [0.3, 0.4) is 0 Å². The van der Waals surface area contributed by atoms with Crippen LogP contribution in [0.2, 0.25) is 0 Å². The molecule has 1 aliphatic heterocycles. The predicted octanol–water partition coefficient (Wildman–Crippen LogP) is 4.38. The van der Waals surface area contributed by atoms with Gasteiger partial charge in [0.1, 0.15) is 4.32 Å². The maximum atomic E-state index is 12.4. The minimum atomic E-state index is -0.942. The summed E-state index contributed by atoms with van der Waals surface area (Å²) in [5, 5.41) is 8.79. The third-order valence-electron chi connectivity index (χ3n) is 4.40. The Hall–Kier alpha value is -1.86. The number of hydrogen-bond donors (Lipinski definition) is 1. The van der Waals surface area contributed by atoms with Gasteiger partial charge in [-0.25, -0.2) is 0 Å². The number of carbonyl (C=O) groups excluding carboxylic acids is 1. The summed E-state index contributed by atoms with van der Waals surface area (Å²) in [6.07, 6.45) is 6.65. The number of hydrogen-bond acceptors (Lipinski definition) is 5. The van der Waals surface area contributed by atoms with Gasteiger partial charge in [-0.1, -0.05) is 62.3 Å². The number of thioether (sulfide) groups is 1. The topological polar surface area (TPSA) is 60.9 Å². The molecule has 1 N–H and O–H groups in total. The fraction of sp³-hybridized carbons (Fsp3) is 0.450. The van der Waals surface area contributed by atoms with Gasteiger partial charge in [0.05, 0.1) is 11.3 Å². The third kappa shape index (κ3) is 6.36. The molecule has 1 aromatic rings. The third-order valence-corrected chi connectivity index (χ3v) is 5.78. The second-order valence-electron chi connectivity index (χ2n) is 6.55. The molecule has 1 saturated heterocycles. The number of thiocarbonyl (C=S) groups is 1. The summed E-state index contributed by atoms with van der Waals surface area (Å²) in [7, 11) is 2.09. The van der Waals surface area contributed by atoms with Gasteiger partial charge in [-0.3, -0.25) is 14.5 Å².